The molecule has 0 unspecified atom stereocenters. The van der Waals surface area contributed by atoms with Crippen molar-refractivity contribution in [1.82, 2.24) is 0 Å². The molecule has 0 saturated heterocycles. The van der Waals surface area contributed by atoms with E-state index in [4.69, 9.17) is 16.9 Å². The molecule has 1 rings (SSSR count). The summed E-state index contributed by atoms with van der Waals surface area (Å²) in [5.41, 5.74) is 1.29. The van der Waals surface area contributed by atoms with Gasteiger partial charge < -0.3 is 4.74 Å². The van der Waals surface area contributed by atoms with Crippen molar-refractivity contribution in [2.45, 2.75) is 12.8 Å². The van der Waals surface area contributed by atoms with Crippen molar-refractivity contribution in [2.75, 3.05) is 7.11 Å². The number of esters is 1. The molecule has 0 amide bonds. The van der Waals surface area contributed by atoms with Crippen molar-refractivity contribution in [3.63, 3.8) is 0 Å². The standard InChI is InChI=1S/C11H10ClNO2/c1-15-11(14)9-5-4-8(3-2-6-13)7-10(9)12/h4-5,7H,2-3H2,1H3. The molecule has 0 aromatic heterocycles. The number of hydrogen-bond donors (Lipinski definition) is 0. The predicted molar refractivity (Wildman–Crippen MR) is 56.7 cm³/mol. The van der Waals surface area contributed by atoms with Gasteiger partial charge in [0.2, 0.25) is 0 Å². The number of carbonyl (C=O) groups is 1. The molecule has 0 fully saturated rings. The Labute approximate surface area is 93.2 Å². The van der Waals surface area contributed by atoms with E-state index in [0.29, 0.717) is 23.4 Å². The quantitative estimate of drug-likeness (QED) is 0.740. The van der Waals surface area contributed by atoms with Gasteiger partial charge in [0.1, 0.15) is 0 Å². The summed E-state index contributed by atoms with van der Waals surface area (Å²) in [6.45, 7) is 0. The minimum absolute atomic E-state index is 0.347. The van der Waals surface area contributed by atoms with Crippen molar-refractivity contribution in [3.05, 3.63) is 34.3 Å². The highest BCUT2D eigenvalue weighted by atomic mass is 35.5. The molecule has 0 atom stereocenters. The minimum atomic E-state index is -0.452. The summed E-state index contributed by atoms with van der Waals surface area (Å²) < 4.78 is 4.56. The molecule has 0 aliphatic rings. The number of methoxy groups -OCH3 is 1. The summed E-state index contributed by atoms with van der Waals surface area (Å²) in [4.78, 5) is 11.2. The summed E-state index contributed by atoms with van der Waals surface area (Å²) in [6, 6.07) is 7.12. The van der Waals surface area contributed by atoms with Gasteiger partial charge in [-0.3, -0.25) is 0 Å². The molecule has 0 radical (unpaired) electrons. The maximum atomic E-state index is 11.2. The third-order valence-electron chi connectivity index (χ3n) is 1.96. The van der Waals surface area contributed by atoms with Crippen LogP contribution < -0.4 is 0 Å². The first-order valence-electron chi connectivity index (χ1n) is 4.42. The zero-order valence-electron chi connectivity index (χ0n) is 8.29. The molecule has 4 heteroatoms. The van der Waals surface area contributed by atoms with E-state index in [1.807, 2.05) is 6.07 Å². The first kappa shape index (κ1) is 11.5. The average molecular weight is 224 g/mol. The van der Waals surface area contributed by atoms with Gasteiger partial charge >= 0.3 is 5.97 Å². The molecule has 3 nitrogen and oxygen atoms in total. The van der Waals surface area contributed by atoms with E-state index in [0.717, 1.165) is 5.56 Å². The lowest BCUT2D eigenvalue weighted by Crippen LogP contribution is -2.02. The van der Waals surface area contributed by atoms with Crippen LogP contribution in [0.25, 0.3) is 0 Å². The Kier molecular flexibility index (Phi) is 4.14. The molecule has 0 aliphatic heterocycles. The first-order valence-corrected chi connectivity index (χ1v) is 4.80. The van der Waals surface area contributed by atoms with Crippen LogP contribution in [0.4, 0.5) is 0 Å². The fourth-order valence-electron chi connectivity index (χ4n) is 1.19. The van der Waals surface area contributed by atoms with E-state index < -0.39 is 5.97 Å². The molecule has 0 spiro atoms. The number of hydrogen-bond acceptors (Lipinski definition) is 3. The zero-order chi connectivity index (χ0) is 11.3. The van der Waals surface area contributed by atoms with Crippen LogP contribution in [-0.2, 0) is 11.2 Å². The normalized spacial score (nSPS) is 9.40. The van der Waals surface area contributed by atoms with Crippen LogP contribution in [0.5, 0.6) is 0 Å². The van der Waals surface area contributed by atoms with E-state index >= 15 is 0 Å². The third-order valence-corrected chi connectivity index (χ3v) is 2.28. The second kappa shape index (κ2) is 5.38. The van der Waals surface area contributed by atoms with E-state index in [1.165, 1.54) is 7.11 Å². The van der Waals surface area contributed by atoms with E-state index in [-0.39, 0.29) is 0 Å². The SMILES string of the molecule is COC(=O)c1ccc(CCC#N)cc1Cl. The second-order valence-electron chi connectivity index (χ2n) is 2.96. The average Bonchev–Trinajstić information content (AvgIpc) is 2.25. The number of nitriles is 1. The van der Waals surface area contributed by atoms with Gasteiger partial charge in [-0.1, -0.05) is 17.7 Å². The van der Waals surface area contributed by atoms with Crippen LogP contribution >= 0.6 is 11.6 Å². The van der Waals surface area contributed by atoms with Crippen LogP contribution in [0.15, 0.2) is 18.2 Å². The fraction of sp³-hybridized carbons (Fsp3) is 0.273. The molecule has 0 aliphatic carbocycles. The van der Waals surface area contributed by atoms with E-state index in [2.05, 4.69) is 4.74 Å². The zero-order valence-corrected chi connectivity index (χ0v) is 9.04. The number of aryl methyl sites for hydroxylation is 1. The maximum Gasteiger partial charge on any atom is 0.339 e. The summed E-state index contributed by atoms with van der Waals surface area (Å²) in [7, 11) is 1.31. The lowest BCUT2D eigenvalue weighted by atomic mass is 10.1. The lowest BCUT2D eigenvalue weighted by molar-refractivity contribution is 0.0601. The topological polar surface area (TPSA) is 50.1 Å². The number of benzene rings is 1. The number of ether oxygens (including phenoxy) is 1. The maximum absolute atomic E-state index is 11.2. The third kappa shape index (κ3) is 2.97. The van der Waals surface area contributed by atoms with Gasteiger partial charge in [0, 0.05) is 6.42 Å². The van der Waals surface area contributed by atoms with E-state index in [9.17, 15) is 4.79 Å². The second-order valence-corrected chi connectivity index (χ2v) is 3.37. The van der Waals surface area contributed by atoms with Crippen LogP contribution in [0, 0.1) is 11.3 Å². The first-order chi connectivity index (χ1) is 7.19. The Morgan fingerprint density at radius 3 is 2.87 bits per heavy atom. The van der Waals surface area contributed by atoms with Crippen molar-refractivity contribution >= 4 is 17.6 Å². The Morgan fingerprint density at radius 2 is 2.33 bits per heavy atom. The van der Waals surface area contributed by atoms with Crippen LogP contribution in [0.2, 0.25) is 5.02 Å². The molecule has 78 valence electrons. The van der Waals surface area contributed by atoms with E-state index in [1.54, 1.807) is 18.2 Å². The number of nitrogens with zero attached hydrogens (tertiary/aromatic N) is 1. The summed E-state index contributed by atoms with van der Waals surface area (Å²) in [6.07, 6.45) is 1.07. The molecule has 0 heterocycles. The summed E-state index contributed by atoms with van der Waals surface area (Å²) in [5.74, 6) is -0.452. The number of rotatable bonds is 3. The molecule has 1 aromatic rings. The van der Waals surface area contributed by atoms with Crippen molar-refractivity contribution in [2.24, 2.45) is 0 Å². The molecule has 0 saturated carbocycles. The van der Waals surface area contributed by atoms with Crippen molar-refractivity contribution < 1.29 is 9.53 Å². The fourth-order valence-corrected chi connectivity index (χ4v) is 1.47. The van der Waals surface area contributed by atoms with Gasteiger partial charge in [-0.2, -0.15) is 5.26 Å². The molecule has 0 N–H and O–H groups in total. The minimum Gasteiger partial charge on any atom is -0.465 e. The smallest absolute Gasteiger partial charge is 0.339 e. The summed E-state index contributed by atoms with van der Waals surface area (Å²) >= 11 is 5.90. The highest BCUT2D eigenvalue weighted by molar-refractivity contribution is 6.33. The van der Waals surface area contributed by atoms with Gasteiger partial charge in [-0.25, -0.2) is 4.79 Å². The molecular formula is C11H10ClNO2. The molecule has 15 heavy (non-hydrogen) atoms. The number of halogens is 1. The Balaban J connectivity index is 2.89. The Hall–Kier alpha value is -1.53. The van der Waals surface area contributed by atoms with Gasteiger partial charge in [-0.15, -0.1) is 0 Å². The molecule has 0 bridgehead atoms. The summed E-state index contributed by atoms with van der Waals surface area (Å²) in [5, 5.41) is 8.78. The van der Waals surface area contributed by atoms with Crippen molar-refractivity contribution in [1.29, 1.82) is 5.26 Å². The highest BCUT2D eigenvalue weighted by Gasteiger charge is 2.10. The van der Waals surface area contributed by atoms with Gasteiger partial charge in [0.05, 0.1) is 23.8 Å². The van der Waals surface area contributed by atoms with Gasteiger partial charge in [-0.05, 0) is 24.1 Å². The molecule has 1 aromatic carbocycles. The number of carbonyl (C=O) groups excluding carboxylic acids is 1. The van der Waals surface area contributed by atoms with Crippen LogP contribution in [-0.4, -0.2) is 13.1 Å². The van der Waals surface area contributed by atoms with Gasteiger partial charge in [0.25, 0.3) is 0 Å². The largest absolute Gasteiger partial charge is 0.465 e. The van der Waals surface area contributed by atoms with Crippen LogP contribution in [0.3, 0.4) is 0 Å². The van der Waals surface area contributed by atoms with Crippen LogP contribution in [0.1, 0.15) is 22.3 Å². The Morgan fingerprint density at radius 1 is 1.60 bits per heavy atom. The highest BCUT2D eigenvalue weighted by Crippen LogP contribution is 2.19. The van der Waals surface area contributed by atoms with Crippen molar-refractivity contribution in [3.8, 4) is 6.07 Å². The van der Waals surface area contributed by atoms with Gasteiger partial charge in [0.15, 0.2) is 0 Å². The molecular weight excluding hydrogens is 214 g/mol. The Bertz CT molecular complexity index is 410. The lowest BCUT2D eigenvalue weighted by Gasteiger charge is -2.04. The predicted octanol–water partition coefficient (Wildman–Crippen LogP) is 2.58. The monoisotopic (exact) mass is 223 g/mol.